The summed E-state index contributed by atoms with van der Waals surface area (Å²) in [6, 6.07) is 10.2. The van der Waals surface area contributed by atoms with E-state index >= 15 is 0 Å². The fourth-order valence-corrected chi connectivity index (χ4v) is 3.53. The molecule has 0 N–H and O–H groups in total. The summed E-state index contributed by atoms with van der Waals surface area (Å²) in [6.07, 6.45) is 0. The van der Waals surface area contributed by atoms with E-state index in [2.05, 4.69) is 5.16 Å². The summed E-state index contributed by atoms with van der Waals surface area (Å²) in [5.41, 5.74) is 1.03. The number of ether oxygens (including phenoxy) is 1. The zero-order valence-electron chi connectivity index (χ0n) is 13.8. The molecule has 0 atom stereocenters. The maximum Gasteiger partial charge on any atom is 0.304 e. The van der Waals surface area contributed by atoms with Crippen LogP contribution in [0.3, 0.4) is 0 Å². The quantitative estimate of drug-likeness (QED) is 0.595. The van der Waals surface area contributed by atoms with Gasteiger partial charge in [0.05, 0.1) is 22.4 Å². The molecule has 0 amide bonds. The average molecular weight is 363 g/mol. The first-order valence-electron chi connectivity index (χ1n) is 7.45. The highest BCUT2D eigenvalue weighted by atomic mass is 32.1. The van der Waals surface area contributed by atoms with E-state index in [1.807, 2.05) is 0 Å². The van der Waals surface area contributed by atoms with Crippen LogP contribution >= 0.6 is 11.3 Å². The van der Waals surface area contributed by atoms with Crippen LogP contribution < -0.4 is 4.74 Å². The van der Waals surface area contributed by atoms with Gasteiger partial charge < -0.3 is 9.26 Å². The van der Waals surface area contributed by atoms with Crippen LogP contribution in [0.15, 0.2) is 40.9 Å². The first-order valence-corrected chi connectivity index (χ1v) is 8.27. The number of carbonyl (C=O) groups excluding carboxylic acids is 1. The standard InChI is InChI=1S/C18H15F2NO3S/c1-10-15(21-24-17(10)18(2,19)20)13-8-9-14(25-13)16(22)11-6-4-5-7-12(11)23-3/h4-9H,1-3H3. The Bertz CT molecular complexity index is 925. The summed E-state index contributed by atoms with van der Waals surface area (Å²) in [4.78, 5) is 13.7. The van der Waals surface area contributed by atoms with E-state index in [0.29, 0.717) is 26.8 Å². The van der Waals surface area contributed by atoms with Gasteiger partial charge >= 0.3 is 5.92 Å². The van der Waals surface area contributed by atoms with Gasteiger partial charge in [-0.1, -0.05) is 17.3 Å². The van der Waals surface area contributed by atoms with Gasteiger partial charge in [0.25, 0.3) is 0 Å². The van der Waals surface area contributed by atoms with Gasteiger partial charge in [-0.2, -0.15) is 8.78 Å². The number of benzene rings is 1. The molecule has 2 heterocycles. The van der Waals surface area contributed by atoms with E-state index in [1.165, 1.54) is 25.4 Å². The molecule has 0 unspecified atom stereocenters. The third kappa shape index (κ3) is 3.19. The molecule has 0 aliphatic heterocycles. The number of carbonyl (C=O) groups is 1. The zero-order chi connectivity index (χ0) is 18.2. The minimum absolute atomic E-state index is 0.198. The number of hydrogen-bond donors (Lipinski definition) is 0. The Morgan fingerprint density at radius 1 is 1.24 bits per heavy atom. The lowest BCUT2D eigenvalue weighted by atomic mass is 10.1. The second-order valence-electron chi connectivity index (χ2n) is 5.57. The molecule has 0 spiro atoms. The molecule has 0 radical (unpaired) electrons. The number of rotatable bonds is 5. The molecule has 0 saturated heterocycles. The van der Waals surface area contributed by atoms with Crippen LogP contribution in [-0.4, -0.2) is 18.0 Å². The Morgan fingerprint density at radius 2 is 1.96 bits per heavy atom. The van der Waals surface area contributed by atoms with Crippen LogP contribution in [-0.2, 0) is 5.92 Å². The van der Waals surface area contributed by atoms with E-state index in [-0.39, 0.29) is 11.3 Å². The molecular formula is C18H15F2NO3S. The Morgan fingerprint density at radius 3 is 2.60 bits per heavy atom. The van der Waals surface area contributed by atoms with E-state index in [9.17, 15) is 13.6 Å². The van der Waals surface area contributed by atoms with Crippen LogP contribution in [0.5, 0.6) is 5.75 Å². The first-order chi connectivity index (χ1) is 11.8. The highest BCUT2D eigenvalue weighted by Gasteiger charge is 2.33. The topological polar surface area (TPSA) is 52.3 Å². The van der Waals surface area contributed by atoms with Crippen molar-refractivity contribution in [3.05, 3.63) is 58.2 Å². The molecule has 7 heteroatoms. The van der Waals surface area contributed by atoms with Gasteiger partial charge in [0, 0.05) is 12.5 Å². The Balaban J connectivity index is 1.96. The highest BCUT2D eigenvalue weighted by Crippen LogP contribution is 2.37. The maximum absolute atomic E-state index is 13.5. The second-order valence-corrected chi connectivity index (χ2v) is 6.65. The number of para-hydroxylation sites is 1. The minimum Gasteiger partial charge on any atom is -0.496 e. The van der Waals surface area contributed by atoms with Crippen LogP contribution in [0.25, 0.3) is 10.6 Å². The number of ketones is 1. The van der Waals surface area contributed by atoms with E-state index in [4.69, 9.17) is 9.26 Å². The van der Waals surface area contributed by atoms with Gasteiger partial charge in [0.15, 0.2) is 0 Å². The molecule has 3 aromatic rings. The largest absolute Gasteiger partial charge is 0.496 e. The summed E-state index contributed by atoms with van der Waals surface area (Å²) in [7, 11) is 1.50. The number of aromatic nitrogens is 1. The Hall–Kier alpha value is -2.54. The molecule has 0 fully saturated rings. The molecule has 0 bridgehead atoms. The number of halogens is 2. The van der Waals surface area contributed by atoms with Crippen LogP contribution in [0.4, 0.5) is 8.78 Å². The van der Waals surface area contributed by atoms with Gasteiger partial charge in [-0.3, -0.25) is 4.79 Å². The lowest BCUT2D eigenvalue weighted by Crippen LogP contribution is -2.06. The van der Waals surface area contributed by atoms with Crippen LogP contribution in [0.1, 0.15) is 33.5 Å². The maximum atomic E-state index is 13.5. The van der Waals surface area contributed by atoms with Crippen molar-refractivity contribution in [2.45, 2.75) is 19.8 Å². The molecule has 0 aliphatic carbocycles. The average Bonchev–Trinajstić information content (AvgIpc) is 3.20. The van der Waals surface area contributed by atoms with E-state index < -0.39 is 11.7 Å². The number of alkyl halides is 2. The van der Waals surface area contributed by atoms with Crippen molar-refractivity contribution >= 4 is 17.1 Å². The number of nitrogens with zero attached hydrogens (tertiary/aromatic N) is 1. The molecule has 3 rings (SSSR count). The first kappa shape index (κ1) is 17.3. The van der Waals surface area contributed by atoms with Crippen molar-refractivity contribution in [2.75, 3.05) is 7.11 Å². The summed E-state index contributed by atoms with van der Waals surface area (Å²) in [5.74, 6) is -3.29. The molecule has 25 heavy (non-hydrogen) atoms. The summed E-state index contributed by atoms with van der Waals surface area (Å²) in [5, 5.41) is 3.75. The molecule has 4 nitrogen and oxygen atoms in total. The fourth-order valence-electron chi connectivity index (χ4n) is 2.53. The van der Waals surface area contributed by atoms with Crippen molar-refractivity contribution in [2.24, 2.45) is 0 Å². The van der Waals surface area contributed by atoms with Crippen molar-refractivity contribution < 1.29 is 22.8 Å². The van der Waals surface area contributed by atoms with Crippen LogP contribution in [0.2, 0.25) is 0 Å². The van der Waals surface area contributed by atoms with Gasteiger partial charge in [-0.05, 0) is 31.2 Å². The van der Waals surface area contributed by atoms with Gasteiger partial charge in [-0.25, -0.2) is 0 Å². The van der Waals surface area contributed by atoms with Gasteiger partial charge in [0.1, 0.15) is 11.4 Å². The summed E-state index contributed by atoms with van der Waals surface area (Å²) < 4.78 is 37.0. The van der Waals surface area contributed by atoms with Gasteiger partial charge in [0.2, 0.25) is 11.5 Å². The molecule has 1 aromatic carbocycles. The van der Waals surface area contributed by atoms with Crippen molar-refractivity contribution in [3.8, 4) is 16.3 Å². The SMILES string of the molecule is COc1ccccc1C(=O)c1ccc(-c2noc(C(C)(F)F)c2C)s1. The Kier molecular flexibility index (Phi) is 4.43. The monoisotopic (exact) mass is 363 g/mol. The molecule has 2 aromatic heterocycles. The lowest BCUT2D eigenvalue weighted by Gasteiger charge is -2.05. The minimum atomic E-state index is -3.11. The zero-order valence-corrected chi connectivity index (χ0v) is 14.6. The Labute approximate surface area is 147 Å². The summed E-state index contributed by atoms with van der Waals surface area (Å²) in [6.45, 7) is 2.29. The van der Waals surface area contributed by atoms with Crippen LogP contribution in [0, 0.1) is 6.92 Å². The van der Waals surface area contributed by atoms with Crippen molar-refractivity contribution in [1.29, 1.82) is 0 Å². The lowest BCUT2D eigenvalue weighted by molar-refractivity contribution is -0.0112. The van der Waals surface area contributed by atoms with E-state index in [1.54, 1.807) is 36.4 Å². The predicted octanol–water partition coefficient (Wildman–Crippen LogP) is 5.06. The van der Waals surface area contributed by atoms with Crippen molar-refractivity contribution in [1.82, 2.24) is 5.16 Å². The summed E-state index contributed by atoms with van der Waals surface area (Å²) >= 11 is 1.17. The van der Waals surface area contributed by atoms with E-state index in [0.717, 1.165) is 6.92 Å². The third-order valence-electron chi connectivity index (χ3n) is 3.74. The number of methoxy groups -OCH3 is 1. The van der Waals surface area contributed by atoms with Gasteiger partial charge in [-0.15, -0.1) is 11.3 Å². The number of thiophene rings is 1. The normalized spacial score (nSPS) is 11.6. The molecule has 130 valence electrons. The fraction of sp³-hybridized carbons (Fsp3) is 0.222. The molecule has 0 saturated carbocycles. The molecular weight excluding hydrogens is 348 g/mol. The van der Waals surface area contributed by atoms with Crippen molar-refractivity contribution in [3.63, 3.8) is 0 Å². The highest BCUT2D eigenvalue weighted by molar-refractivity contribution is 7.17. The number of hydrogen-bond acceptors (Lipinski definition) is 5. The third-order valence-corrected chi connectivity index (χ3v) is 4.83. The second kappa shape index (κ2) is 6.40. The smallest absolute Gasteiger partial charge is 0.304 e. The molecule has 0 aliphatic rings. The predicted molar refractivity (Wildman–Crippen MR) is 90.5 cm³/mol.